The van der Waals surface area contributed by atoms with E-state index in [9.17, 15) is 4.79 Å². The molecule has 3 aromatic rings. The summed E-state index contributed by atoms with van der Waals surface area (Å²) >= 11 is 0.115. The second kappa shape index (κ2) is 5.91. The van der Waals surface area contributed by atoms with Crippen LogP contribution in [0.1, 0.15) is 0 Å². The number of rotatable bonds is 3. The zero-order valence-corrected chi connectivity index (χ0v) is 12.4. The zero-order valence-electron chi connectivity index (χ0n) is 10.7. The molecule has 0 saturated carbocycles. The predicted octanol–water partition coefficient (Wildman–Crippen LogP) is 1.96. The van der Waals surface area contributed by atoms with Gasteiger partial charge in [0.2, 0.25) is 0 Å². The van der Waals surface area contributed by atoms with Crippen LogP contribution in [0.15, 0.2) is 82.0 Å². The van der Waals surface area contributed by atoms with Gasteiger partial charge in [-0.2, -0.15) is 0 Å². The van der Waals surface area contributed by atoms with E-state index < -0.39 is 0 Å². The van der Waals surface area contributed by atoms with Crippen LogP contribution < -0.4 is 14.5 Å². The minimum absolute atomic E-state index is 0.115. The zero-order chi connectivity index (χ0) is 13.8. The number of benzene rings is 2. The Balaban J connectivity index is 2.05. The molecular formula is C17H12O2Se. The Hall–Kier alpha value is -2.09. The van der Waals surface area contributed by atoms with Crippen molar-refractivity contribution in [1.29, 1.82) is 0 Å². The maximum atomic E-state index is 11.5. The van der Waals surface area contributed by atoms with Gasteiger partial charge in [0.15, 0.2) is 0 Å². The Morgan fingerprint density at radius 3 is 2.10 bits per heavy atom. The van der Waals surface area contributed by atoms with Gasteiger partial charge in [0.05, 0.1) is 0 Å². The van der Waals surface area contributed by atoms with E-state index >= 15 is 0 Å². The van der Waals surface area contributed by atoms with Crippen LogP contribution in [-0.2, 0) is 0 Å². The van der Waals surface area contributed by atoms with Gasteiger partial charge in [-0.05, 0) is 0 Å². The first-order valence-electron chi connectivity index (χ1n) is 6.25. The molecule has 0 N–H and O–H groups in total. The number of hydrogen-bond acceptors (Lipinski definition) is 2. The summed E-state index contributed by atoms with van der Waals surface area (Å²) in [4.78, 5) is 11.5. The quantitative estimate of drug-likeness (QED) is 0.689. The Kier molecular flexibility index (Phi) is 3.82. The van der Waals surface area contributed by atoms with Gasteiger partial charge in [-0.25, -0.2) is 0 Å². The van der Waals surface area contributed by atoms with Crippen molar-refractivity contribution in [2.24, 2.45) is 0 Å². The fourth-order valence-electron chi connectivity index (χ4n) is 1.89. The first kappa shape index (κ1) is 12.9. The van der Waals surface area contributed by atoms with Crippen molar-refractivity contribution in [2.45, 2.75) is 0 Å². The van der Waals surface area contributed by atoms with E-state index in [4.69, 9.17) is 4.42 Å². The Labute approximate surface area is 123 Å². The van der Waals surface area contributed by atoms with Crippen molar-refractivity contribution < 1.29 is 4.42 Å². The first-order valence-corrected chi connectivity index (χ1v) is 7.97. The van der Waals surface area contributed by atoms with Crippen LogP contribution in [0.3, 0.4) is 0 Å². The van der Waals surface area contributed by atoms with Crippen molar-refractivity contribution in [3.05, 3.63) is 83.2 Å². The maximum absolute atomic E-state index is 11.5. The minimum atomic E-state index is -0.309. The molecule has 98 valence electrons. The molecule has 0 amide bonds. The molecule has 0 radical (unpaired) electrons. The van der Waals surface area contributed by atoms with E-state index in [0.29, 0.717) is 5.76 Å². The fourth-order valence-corrected chi connectivity index (χ4v) is 3.85. The molecular weight excluding hydrogens is 315 g/mol. The molecule has 0 unspecified atom stereocenters. The summed E-state index contributed by atoms with van der Waals surface area (Å²) < 4.78 is 7.76. The molecule has 0 bridgehead atoms. The third kappa shape index (κ3) is 2.90. The molecule has 1 heterocycles. The number of hydrogen-bond donors (Lipinski definition) is 0. The van der Waals surface area contributed by atoms with Gasteiger partial charge in [-0.3, -0.25) is 0 Å². The van der Waals surface area contributed by atoms with E-state index in [1.165, 1.54) is 10.5 Å². The standard InChI is InChI=1S/C17H12O2Se/c18-16-12-11-15(20-14-9-5-2-6-10-14)17(19-16)13-7-3-1-4-8-13/h1-12H. The van der Waals surface area contributed by atoms with Crippen LogP contribution >= 0.6 is 0 Å². The predicted molar refractivity (Wildman–Crippen MR) is 81.9 cm³/mol. The van der Waals surface area contributed by atoms with Crippen LogP contribution in [0, 0.1) is 0 Å². The second-order valence-corrected chi connectivity index (χ2v) is 6.57. The summed E-state index contributed by atoms with van der Waals surface area (Å²) in [5.74, 6) is 0.682. The average Bonchev–Trinajstić information content (AvgIpc) is 2.51. The van der Waals surface area contributed by atoms with Crippen molar-refractivity contribution >= 4 is 23.9 Å². The van der Waals surface area contributed by atoms with E-state index in [-0.39, 0.29) is 20.6 Å². The molecule has 0 aliphatic carbocycles. The van der Waals surface area contributed by atoms with E-state index in [2.05, 4.69) is 12.1 Å². The molecule has 1 aromatic heterocycles. The molecule has 0 aliphatic rings. The van der Waals surface area contributed by atoms with Crippen LogP contribution in [-0.4, -0.2) is 15.0 Å². The summed E-state index contributed by atoms with van der Waals surface area (Å²) in [7, 11) is 0. The van der Waals surface area contributed by atoms with Gasteiger partial charge in [0.1, 0.15) is 0 Å². The van der Waals surface area contributed by atoms with Crippen molar-refractivity contribution in [3.63, 3.8) is 0 Å². The molecule has 0 aliphatic heterocycles. The summed E-state index contributed by atoms with van der Waals surface area (Å²) in [6.07, 6.45) is 0. The van der Waals surface area contributed by atoms with E-state index in [1.54, 1.807) is 0 Å². The van der Waals surface area contributed by atoms with Gasteiger partial charge >= 0.3 is 123 Å². The van der Waals surface area contributed by atoms with Gasteiger partial charge in [0, 0.05) is 0 Å². The molecule has 2 nitrogen and oxygen atoms in total. The summed E-state index contributed by atoms with van der Waals surface area (Å²) in [6, 6.07) is 23.4. The molecule has 3 rings (SSSR count). The van der Waals surface area contributed by atoms with Crippen LogP contribution in [0.4, 0.5) is 0 Å². The third-order valence-corrected chi connectivity index (χ3v) is 5.01. The average molecular weight is 327 g/mol. The SMILES string of the molecule is O=c1ccc([Se]c2ccccc2)c(-c2ccccc2)o1. The molecule has 0 fully saturated rings. The van der Waals surface area contributed by atoms with Gasteiger partial charge < -0.3 is 0 Å². The normalized spacial score (nSPS) is 10.4. The molecule has 0 saturated heterocycles. The van der Waals surface area contributed by atoms with Gasteiger partial charge in [0.25, 0.3) is 0 Å². The van der Waals surface area contributed by atoms with E-state index in [1.807, 2.05) is 54.6 Å². The van der Waals surface area contributed by atoms with E-state index in [0.717, 1.165) is 10.0 Å². The molecule has 0 atom stereocenters. The van der Waals surface area contributed by atoms with Crippen molar-refractivity contribution in [3.8, 4) is 11.3 Å². The fraction of sp³-hybridized carbons (Fsp3) is 0. The van der Waals surface area contributed by atoms with Crippen molar-refractivity contribution in [1.82, 2.24) is 0 Å². The summed E-state index contributed by atoms with van der Waals surface area (Å²) in [5, 5.41) is 0. The Bertz CT molecular complexity index is 749. The van der Waals surface area contributed by atoms with Crippen LogP contribution in [0.2, 0.25) is 0 Å². The molecule has 20 heavy (non-hydrogen) atoms. The topological polar surface area (TPSA) is 30.2 Å². The Morgan fingerprint density at radius 2 is 1.40 bits per heavy atom. The monoisotopic (exact) mass is 328 g/mol. The summed E-state index contributed by atoms with van der Waals surface area (Å²) in [6.45, 7) is 0. The summed E-state index contributed by atoms with van der Waals surface area (Å²) in [5.41, 5.74) is 0.634. The second-order valence-electron chi connectivity index (χ2n) is 4.23. The van der Waals surface area contributed by atoms with Gasteiger partial charge in [-0.1, -0.05) is 0 Å². The van der Waals surface area contributed by atoms with Crippen LogP contribution in [0.25, 0.3) is 11.3 Å². The molecule has 0 spiro atoms. The van der Waals surface area contributed by atoms with Crippen LogP contribution in [0.5, 0.6) is 0 Å². The third-order valence-electron chi connectivity index (χ3n) is 2.80. The van der Waals surface area contributed by atoms with Gasteiger partial charge in [-0.15, -0.1) is 0 Å². The molecule has 3 heteroatoms. The van der Waals surface area contributed by atoms with Crippen molar-refractivity contribution in [2.75, 3.05) is 0 Å². The first-order chi connectivity index (χ1) is 9.83. The molecule has 2 aromatic carbocycles. The Morgan fingerprint density at radius 1 is 0.750 bits per heavy atom.